The van der Waals surface area contributed by atoms with Gasteiger partial charge in [-0.05, 0) is 44.9 Å². The van der Waals surface area contributed by atoms with Gasteiger partial charge in [-0.15, -0.1) is 0 Å². The van der Waals surface area contributed by atoms with Crippen LogP contribution in [0.5, 0.6) is 0 Å². The van der Waals surface area contributed by atoms with E-state index in [1.54, 1.807) is 6.08 Å². The number of aliphatic hydroxyl groups excluding tert-OH is 2. The highest BCUT2D eigenvalue weighted by Gasteiger charge is 2.18. The topological polar surface area (TPSA) is 69.6 Å². The molecule has 0 aromatic heterocycles. The molecule has 0 aliphatic rings. The summed E-state index contributed by atoms with van der Waals surface area (Å²) in [7, 11) is 0. The van der Waals surface area contributed by atoms with Crippen molar-refractivity contribution in [2.24, 2.45) is 0 Å². The van der Waals surface area contributed by atoms with Crippen molar-refractivity contribution in [1.82, 2.24) is 5.32 Å². The highest BCUT2D eigenvalue weighted by atomic mass is 16.3. The number of allylic oxidation sites excluding steroid dienone is 3. The molecule has 0 aliphatic carbocycles. The molecule has 0 saturated carbocycles. The van der Waals surface area contributed by atoms with E-state index in [0.717, 1.165) is 25.7 Å². The van der Waals surface area contributed by atoms with E-state index < -0.39 is 12.1 Å². The van der Waals surface area contributed by atoms with Gasteiger partial charge in [-0.2, -0.15) is 0 Å². The lowest BCUT2D eigenvalue weighted by Crippen LogP contribution is -2.45. The van der Waals surface area contributed by atoms with Crippen LogP contribution in [-0.4, -0.2) is 34.9 Å². The summed E-state index contributed by atoms with van der Waals surface area (Å²) in [5.41, 5.74) is 0. The first-order valence-electron chi connectivity index (χ1n) is 25.6. The first-order valence-corrected chi connectivity index (χ1v) is 25.6. The van der Waals surface area contributed by atoms with Crippen molar-refractivity contribution in [3.63, 3.8) is 0 Å². The number of rotatable bonds is 47. The van der Waals surface area contributed by atoms with Gasteiger partial charge < -0.3 is 15.5 Å². The average molecular weight is 788 g/mol. The second-order valence-corrected chi connectivity index (χ2v) is 17.6. The van der Waals surface area contributed by atoms with Crippen molar-refractivity contribution in [2.75, 3.05) is 6.61 Å². The highest BCUT2D eigenvalue weighted by molar-refractivity contribution is 5.76. The van der Waals surface area contributed by atoms with E-state index in [0.29, 0.717) is 6.42 Å². The Morgan fingerprint density at radius 3 is 0.982 bits per heavy atom. The summed E-state index contributed by atoms with van der Waals surface area (Å²) in [6.45, 7) is 4.33. The molecule has 2 unspecified atom stereocenters. The molecule has 0 heterocycles. The smallest absolute Gasteiger partial charge is 0.220 e. The van der Waals surface area contributed by atoms with E-state index >= 15 is 0 Å². The van der Waals surface area contributed by atoms with E-state index in [1.807, 2.05) is 6.08 Å². The third kappa shape index (κ3) is 44.0. The van der Waals surface area contributed by atoms with Crippen molar-refractivity contribution >= 4 is 5.91 Å². The van der Waals surface area contributed by atoms with Crippen LogP contribution in [0.3, 0.4) is 0 Å². The molecular weight excluding hydrogens is 687 g/mol. The Balaban J connectivity index is 3.47. The second kappa shape index (κ2) is 48.2. The standard InChI is InChI=1S/C52H101NO3/c1-3-5-7-9-11-13-15-17-19-21-22-23-24-25-26-27-28-29-30-31-32-34-36-38-40-42-44-46-48-52(56)53-50(49-54)51(55)47-45-43-41-39-37-35-33-20-18-16-14-12-10-8-6-4-2/h25-26,45,47,50-51,54-55H,3-24,27-44,46,48-49H2,1-2H3,(H,53,56)/b26-25-,47-45+. The average Bonchev–Trinajstić information content (AvgIpc) is 3.20. The monoisotopic (exact) mass is 788 g/mol. The molecule has 56 heavy (non-hydrogen) atoms. The Morgan fingerprint density at radius 1 is 0.411 bits per heavy atom. The lowest BCUT2D eigenvalue weighted by molar-refractivity contribution is -0.123. The molecule has 0 spiro atoms. The first kappa shape index (κ1) is 54.9. The van der Waals surface area contributed by atoms with E-state index in [2.05, 4.69) is 31.3 Å². The summed E-state index contributed by atoms with van der Waals surface area (Å²) in [6.07, 6.45) is 63.2. The molecule has 0 bridgehead atoms. The molecule has 0 saturated heterocycles. The van der Waals surface area contributed by atoms with Crippen LogP contribution in [0.15, 0.2) is 24.3 Å². The van der Waals surface area contributed by atoms with Crippen LogP contribution in [-0.2, 0) is 4.79 Å². The number of amides is 1. The fraction of sp³-hybridized carbons (Fsp3) is 0.904. The van der Waals surface area contributed by atoms with Gasteiger partial charge in [0.2, 0.25) is 5.91 Å². The van der Waals surface area contributed by atoms with Crippen molar-refractivity contribution in [3.8, 4) is 0 Å². The van der Waals surface area contributed by atoms with Crippen molar-refractivity contribution < 1.29 is 15.0 Å². The minimum atomic E-state index is -0.837. The fourth-order valence-electron chi connectivity index (χ4n) is 8.00. The third-order valence-electron chi connectivity index (χ3n) is 11.9. The van der Waals surface area contributed by atoms with Gasteiger partial charge in [-0.25, -0.2) is 0 Å². The van der Waals surface area contributed by atoms with Gasteiger partial charge in [0, 0.05) is 6.42 Å². The normalized spacial score (nSPS) is 13.0. The summed E-state index contributed by atoms with van der Waals surface area (Å²) in [4.78, 5) is 12.4. The zero-order chi connectivity index (χ0) is 40.7. The maximum absolute atomic E-state index is 12.4. The molecule has 332 valence electrons. The summed E-state index contributed by atoms with van der Waals surface area (Å²) in [5.74, 6) is -0.0608. The zero-order valence-corrected chi connectivity index (χ0v) is 38.2. The van der Waals surface area contributed by atoms with Crippen LogP contribution in [0.2, 0.25) is 0 Å². The molecule has 4 heteroatoms. The highest BCUT2D eigenvalue weighted by Crippen LogP contribution is 2.16. The Hall–Kier alpha value is -1.13. The Labute approximate surface area is 351 Å². The van der Waals surface area contributed by atoms with Gasteiger partial charge in [-0.3, -0.25) is 4.79 Å². The summed E-state index contributed by atoms with van der Waals surface area (Å²) in [6, 6.07) is -0.620. The van der Waals surface area contributed by atoms with Gasteiger partial charge in [-0.1, -0.05) is 256 Å². The Morgan fingerprint density at radius 2 is 0.679 bits per heavy atom. The van der Waals surface area contributed by atoms with Crippen molar-refractivity contribution in [1.29, 1.82) is 0 Å². The van der Waals surface area contributed by atoms with Crippen LogP contribution < -0.4 is 5.32 Å². The summed E-state index contributed by atoms with van der Waals surface area (Å²) < 4.78 is 0. The number of carbonyl (C=O) groups is 1. The predicted octanol–water partition coefficient (Wildman–Crippen LogP) is 16.4. The molecule has 0 fully saturated rings. The molecule has 3 N–H and O–H groups in total. The molecule has 1 amide bonds. The minimum absolute atomic E-state index is 0.0608. The molecule has 0 aliphatic heterocycles. The number of carbonyl (C=O) groups excluding carboxylic acids is 1. The lowest BCUT2D eigenvalue weighted by atomic mass is 10.0. The number of nitrogens with one attached hydrogen (secondary N) is 1. The minimum Gasteiger partial charge on any atom is -0.394 e. The van der Waals surface area contributed by atoms with E-state index in [1.165, 1.54) is 238 Å². The largest absolute Gasteiger partial charge is 0.394 e. The molecule has 0 aromatic rings. The number of hydrogen-bond acceptors (Lipinski definition) is 3. The lowest BCUT2D eigenvalue weighted by Gasteiger charge is -2.20. The maximum Gasteiger partial charge on any atom is 0.220 e. The zero-order valence-electron chi connectivity index (χ0n) is 38.2. The van der Waals surface area contributed by atoms with Crippen LogP contribution in [0.1, 0.15) is 284 Å². The third-order valence-corrected chi connectivity index (χ3v) is 11.9. The molecule has 0 aromatic carbocycles. The molecule has 0 radical (unpaired) electrons. The second-order valence-electron chi connectivity index (χ2n) is 17.6. The maximum atomic E-state index is 12.4. The molecule has 4 nitrogen and oxygen atoms in total. The van der Waals surface area contributed by atoms with Crippen molar-refractivity contribution in [2.45, 2.75) is 296 Å². The number of aliphatic hydroxyl groups is 2. The van der Waals surface area contributed by atoms with E-state index in [-0.39, 0.29) is 12.5 Å². The van der Waals surface area contributed by atoms with E-state index in [4.69, 9.17) is 0 Å². The van der Waals surface area contributed by atoms with Gasteiger partial charge >= 0.3 is 0 Å². The summed E-state index contributed by atoms with van der Waals surface area (Å²) >= 11 is 0. The van der Waals surface area contributed by atoms with Crippen LogP contribution in [0.25, 0.3) is 0 Å². The quantitative estimate of drug-likeness (QED) is 0.0425. The predicted molar refractivity (Wildman–Crippen MR) is 249 cm³/mol. The van der Waals surface area contributed by atoms with Crippen LogP contribution in [0.4, 0.5) is 0 Å². The Kier molecular flexibility index (Phi) is 47.3. The van der Waals surface area contributed by atoms with E-state index in [9.17, 15) is 15.0 Å². The molecular formula is C52H101NO3. The SMILES string of the molecule is CCCCCCCCCCCCCC/C=C\CCCCCCCCCCCCCCC(=O)NC(CO)C(O)/C=C/CCCCCCCCCCCCCCCC. The Bertz CT molecular complexity index is 810. The van der Waals surface area contributed by atoms with Gasteiger partial charge in [0.1, 0.15) is 0 Å². The fourth-order valence-corrected chi connectivity index (χ4v) is 8.00. The van der Waals surface area contributed by atoms with Crippen molar-refractivity contribution in [3.05, 3.63) is 24.3 Å². The first-order chi connectivity index (χ1) is 27.7. The van der Waals surface area contributed by atoms with Gasteiger partial charge in [0.15, 0.2) is 0 Å². The number of unbranched alkanes of at least 4 members (excludes halogenated alkanes) is 38. The number of hydrogen-bond donors (Lipinski definition) is 3. The molecule has 0 rings (SSSR count). The van der Waals surface area contributed by atoms with Gasteiger partial charge in [0.25, 0.3) is 0 Å². The van der Waals surface area contributed by atoms with Gasteiger partial charge in [0.05, 0.1) is 18.8 Å². The molecule has 2 atom stereocenters. The van der Waals surface area contributed by atoms with Crippen LogP contribution >= 0.6 is 0 Å². The summed E-state index contributed by atoms with van der Waals surface area (Å²) in [5, 5.41) is 23.1. The van der Waals surface area contributed by atoms with Crippen LogP contribution in [0, 0.1) is 0 Å².